The molecule has 1 fully saturated rings. The first-order valence-corrected chi connectivity index (χ1v) is 11.3. The quantitative estimate of drug-likeness (QED) is 0.210. The Bertz CT molecular complexity index is 557. The summed E-state index contributed by atoms with van der Waals surface area (Å²) in [5, 5.41) is 6.79. The number of nitrogens with one attached hydrogen (secondary N) is 2. The van der Waals surface area contributed by atoms with Crippen LogP contribution < -0.4 is 16.5 Å². The third-order valence-electron chi connectivity index (χ3n) is 4.56. The molecule has 1 rings (SSSR count). The molecule has 1 unspecified atom stereocenters. The van der Waals surface area contributed by atoms with E-state index in [2.05, 4.69) is 43.2 Å². The van der Waals surface area contributed by atoms with E-state index in [1.54, 1.807) is 26.8 Å². The van der Waals surface area contributed by atoms with Crippen molar-refractivity contribution in [2.24, 2.45) is 28.1 Å². The van der Waals surface area contributed by atoms with Gasteiger partial charge in [0.1, 0.15) is 12.5 Å². The molecular formula is C25H47FN4O2. The fourth-order valence-electron chi connectivity index (χ4n) is 2.63. The number of hydrogen-bond donors (Lipinski definition) is 3. The summed E-state index contributed by atoms with van der Waals surface area (Å²) in [6, 6.07) is 0.277. The SMILES string of the molecule is C/C(N)=C\N/N=C/C(=O)NC1CCC(C(C)(C)C)CC1.C/C=C/F.C=CC(C)C=O.CC. The lowest BCUT2D eigenvalue weighted by Gasteiger charge is -2.37. The van der Waals surface area contributed by atoms with Crippen molar-refractivity contribution in [3.05, 3.63) is 37.0 Å². The first kappa shape index (κ1) is 34.2. The van der Waals surface area contributed by atoms with Crippen LogP contribution in [0.15, 0.2) is 42.1 Å². The van der Waals surface area contributed by atoms with Crippen molar-refractivity contribution in [2.75, 3.05) is 0 Å². The largest absolute Gasteiger partial charge is 0.401 e. The Kier molecular flexibility index (Phi) is 23.3. The Hall–Kier alpha value is -2.44. The van der Waals surface area contributed by atoms with E-state index in [1.165, 1.54) is 31.3 Å². The Morgan fingerprint density at radius 1 is 1.22 bits per heavy atom. The van der Waals surface area contributed by atoms with E-state index in [0.29, 0.717) is 17.4 Å². The molecule has 4 N–H and O–H groups in total. The molecule has 0 bridgehead atoms. The normalized spacial score (nSPS) is 19.2. The van der Waals surface area contributed by atoms with Gasteiger partial charge in [0.25, 0.3) is 5.91 Å². The van der Waals surface area contributed by atoms with Crippen LogP contribution in [0.4, 0.5) is 4.39 Å². The maximum atomic E-state index is 11.7. The van der Waals surface area contributed by atoms with E-state index in [0.717, 1.165) is 25.0 Å². The number of amides is 1. The summed E-state index contributed by atoms with van der Waals surface area (Å²) in [7, 11) is 0. The van der Waals surface area contributed by atoms with E-state index < -0.39 is 0 Å². The Labute approximate surface area is 195 Å². The summed E-state index contributed by atoms with van der Waals surface area (Å²) in [6.45, 7) is 19.4. The highest BCUT2D eigenvalue weighted by Crippen LogP contribution is 2.37. The Morgan fingerprint density at radius 2 is 1.72 bits per heavy atom. The predicted molar refractivity (Wildman–Crippen MR) is 136 cm³/mol. The molecule has 0 radical (unpaired) electrons. The zero-order chi connectivity index (χ0) is 25.6. The fraction of sp³-hybridized carbons (Fsp3) is 0.640. The second kappa shape index (κ2) is 21.8. The maximum Gasteiger partial charge on any atom is 0.264 e. The molecule has 1 atom stereocenters. The topological polar surface area (TPSA) is 96.6 Å². The average Bonchev–Trinajstić information content (AvgIpc) is 2.77. The van der Waals surface area contributed by atoms with Crippen molar-refractivity contribution < 1.29 is 14.0 Å². The number of nitrogens with two attached hydrogens (primary N) is 1. The first-order valence-electron chi connectivity index (χ1n) is 11.3. The number of hydrazone groups is 1. The summed E-state index contributed by atoms with van der Waals surface area (Å²) in [5.41, 5.74) is 9.01. The van der Waals surface area contributed by atoms with Crippen molar-refractivity contribution in [2.45, 2.75) is 87.1 Å². The molecule has 0 spiro atoms. The number of rotatable bonds is 6. The van der Waals surface area contributed by atoms with Gasteiger partial charge in [-0.3, -0.25) is 10.2 Å². The second-order valence-corrected chi connectivity index (χ2v) is 8.39. The Morgan fingerprint density at radius 3 is 2.03 bits per heavy atom. The monoisotopic (exact) mass is 454 g/mol. The third-order valence-corrected chi connectivity index (χ3v) is 4.56. The van der Waals surface area contributed by atoms with Crippen LogP contribution in [0.3, 0.4) is 0 Å². The summed E-state index contributed by atoms with van der Waals surface area (Å²) in [5.74, 6) is 0.619. The number of halogens is 1. The molecule has 0 saturated heterocycles. The van der Waals surface area contributed by atoms with Crippen LogP contribution >= 0.6 is 0 Å². The number of nitrogens with zero attached hydrogens (tertiary/aromatic N) is 1. The van der Waals surface area contributed by atoms with Crippen LogP contribution in [-0.4, -0.2) is 24.4 Å². The minimum Gasteiger partial charge on any atom is -0.401 e. The van der Waals surface area contributed by atoms with Gasteiger partial charge in [0.2, 0.25) is 0 Å². The molecule has 0 aliphatic heterocycles. The number of aldehydes is 1. The van der Waals surface area contributed by atoms with Gasteiger partial charge in [-0.1, -0.05) is 53.7 Å². The van der Waals surface area contributed by atoms with Crippen LogP contribution in [0.5, 0.6) is 0 Å². The minimum absolute atomic E-state index is 0.0185. The molecule has 1 amide bonds. The van der Waals surface area contributed by atoms with Crippen molar-refractivity contribution in [3.8, 4) is 0 Å². The van der Waals surface area contributed by atoms with Crippen LogP contribution in [0.2, 0.25) is 0 Å². The van der Waals surface area contributed by atoms with E-state index >= 15 is 0 Å². The van der Waals surface area contributed by atoms with Crippen LogP contribution in [0, 0.1) is 17.3 Å². The van der Waals surface area contributed by atoms with Crippen LogP contribution in [0.1, 0.15) is 81.1 Å². The molecule has 0 aromatic rings. The molecule has 0 heterocycles. The molecule has 1 saturated carbocycles. The molecule has 1 aliphatic carbocycles. The fourth-order valence-corrected chi connectivity index (χ4v) is 2.63. The number of carbonyl (C=O) groups excluding carboxylic acids is 2. The number of allylic oxidation sites excluding steroid dienone is 3. The lowest BCUT2D eigenvalue weighted by molar-refractivity contribution is -0.115. The van der Waals surface area contributed by atoms with Crippen molar-refractivity contribution >= 4 is 18.4 Å². The zero-order valence-electron chi connectivity index (χ0n) is 21.5. The zero-order valence-corrected chi connectivity index (χ0v) is 21.5. The smallest absolute Gasteiger partial charge is 0.264 e. The van der Waals surface area contributed by atoms with Gasteiger partial charge in [-0.25, -0.2) is 4.39 Å². The van der Waals surface area contributed by atoms with Gasteiger partial charge < -0.3 is 15.8 Å². The summed E-state index contributed by atoms with van der Waals surface area (Å²) in [4.78, 5) is 21.3. The van der Waals surface area contributed by atoms with Gasteiger partial charge in [-0.05, 0) is 50.9 Å². The van der Waals surface area contributed by atoms with Crippen LogP contribution in [-0.2, 0) is 9.59 Å². The highest BCUT2D eigenvalue weighted by molar-refractivity contribution is 6.26. The Balaban J connectivity index is -0.000000580. The molecule has 186 valence electrons. The number of carbonyl (C=O) groups is 2. The van der Waals surface area contributed by atoms with Crippen molar-refractivity contribution in [1.29, 1.82) is 0 Å². The lowest BCUT2D eigenvalue weighted by atomic mass is 9.71. The highest BCUT2D eigenvalue weighted by atomic mass is 19.1. The molecule has 6 nitrogen and oxygen atoms in total. The highest BCUT2D eigenvalue weighted by Gasteiger charge is 2.29. The molecule has 0 aromatic heterocycles. The van der Waals surface area contributed by atoms with Crippen molar-refractivity contribution in [1.82, 2.24) is 10.7 Å². The average molecular weight is 455 g/mol. The summed E-state index contributed by atoms with van der Waals surface area (Å²) < 4.78 is 10.5. The second-order valence-electron chi connectivity index (χ2n) is 8.39. The van der Waals surface area contributed by atoms with Gasteiger partial charge >= 0.3 is 0 Å². The van der Waals surface area contributed by atoms with Crippen LogP contribution in [0.25, 0.3) is 0 Å². The lowest BCUT2D eigenvalue weighted by Crippen LogP contribution is -2.40. The molecular weight excluding hydrogens is 407 g/mol. The molecule has 1 aliphatic rings. The standard InChI is InChI=1S/C15H28N4O.C5H8O.C3H5F.C2H6/c1-11(16)9-17-18-10-14(20)19-13-7-5-12(6-8-13)15(2,3)4;1-3-5(2)4-6;1-2-3-4;1-2/h9-10,12-13,17H,5-8,16H2,1-4H3,(H,19,20);3-5H,1H2,2H3;2-3H,1H3;1-2H3/b11-9+,18-10+;;3-2+;. The summed E-state index contributed by atoms with van der Waals surface area (Å²) >= 11 is 0. The van der Waals surface area contributed by atoms with E-state index in [4.69, 9.17) is 5.73 Å². The van der Waals surface area contributed by atoms with Gasteiger partial charge in [0.05, 0.1) is 6.33 Å². The van der Waals surface area contributed by atoms with Crippen molar-refractivity contribution in [3.63, 3.8) is 0 Å². The molecule has 0 aromatic carbocycles. The van der Waals surface area contributed by atoms with E-state index in [-0.39, 0.29) is 17.9 Å². The number of hydrogen-bond acceptors (Lipinski definition) is 5. The summed E-state index contributed by atoms with van der Waals surface area (Å²) in [6.07, 6.45) is 11.6. The third kappa shape index (κ3) is 22.2. The molecule has 32 heavy (non-hydrogen) atoms. The van der Waals surface area contributed by atoms with Gasteiger partial charge in [0, 0.05) is 23.9 Å². The van der Waals surface area contributed by atoms with Gasteiger partial charge in [0.15, 0.2) is 0 Å². The van der Waals surface area contributed by atoms with E-state index in [9.17, 15) is 14.0 Å². The molecule has 7 heteroatoms. The maximum absolute atomic E-state index is 11.7. The van der Waals surface area contributed by atoms with Gasteiger partial charge in [-0.15, -0.1) is 6.58 Å². The van der Waals surface area contributed by atoms with Gasteiger partial charge in [-0.2, -0.15) is 5.10 Å². The minimum atomic E-state index is -0.153. The van der Waals surface area contributed by atoms with E-state index in [1.807, 2.05) is 13.8 Å². The first-order chi connectivity index (χ1) is 15.0. The predicted octanol–water partition coefficient (Wildman–Crippen LogP) is 5.63.